The van der Waals surface area contributed by atoms with Crippen molar-refractivity contribution in [2.24, 2.45) is 5.41 Å². The third kappa shape index (κ3) is 22.4. The number of rotatable bonds is 19. The Balaban J connectivity index is 3.69. The van der Waals surface area contributed by atoms with Gasteiger partial charge >= 0.3 is 0 Å². The van der Waals surface area contributed by atoms with Crippen molar-refractivity contribution in [2.75, 3.05) is 19.8 Å². The monoisotopic (exact) mass is 455 g/mol. The SMILES string of the molecule is CC(C)(C)CCCC(=O)CCCOC(C)(C)OCCCC(=O)CCCCCNC(C)(C)C. The highest BCUT2D eigenvalue weighted by atomic mass is 16.7. The number of nitrogens with one attached hydrogen (secondary N) is 1. The zero-order chi connectivity index (χ0) is 24.7. The number of ether oxygens (including phenoxy) is 2. The van der Waals surface area contributed by atoms with Crippen molar-refractivity contribution in [1.29, 1.82) is 0 Å². The Hall–Kier alpha value is -0.780. The molecular weight excluding hydrogens is 402 g/mol. The molecule has 0 radical (unpaired) electrons. The van der Waals surface area contributed by atoms with Gasteiger partial charge in [-0.2, -0.15) is 0 Å². The molecule has 0 saturated heterocycles. The summed E-state index contributed by atoms with van der Waals surface area (Å²) in [5.74, 6) is -0.0418. The molecule has 0 aromatic rings. The maximum atomic E-state index is 12.0. The first-order valence-corrected chi connectivity index (χ1v) is 12.8. The van der Waals surface area contributed by atoms with E-state index < -0.39 is 5.79 Å². The molecule has 0 aromatic carbocycles. The fourth-order valence-corrected chi connectivity index (χ4v) is 3.37. The lowest BCUT2D eigenvalue weighted by atomic mass is 9.89. The van der Waals surface area contributed by atoms with Crippen LogP contribution in [0.1, 0.15) is 126 Å². The molecule has 1 N–H and O–H groups in total. The molecule has 0 atom stereocenters. The Bertz CT molecular complexity index is 515. The lowest BCUT2D eigenvalue weighted by Crippen LogP contribution is -2.36. The fraction of sp³-hybridized carbons (Fsp3) is 0.926. The highest BCUT2D eigenvalue weighted by molar-refractivity contribution is 5.78. The largest absolute Gasteiger partial charge is 0.351 e. The zero-order valence-electron chi connectivity index (χ0n) is 22.5. The Morgan fingerprint density at radius 3 is 1.56 bits per heavy atom. The van der Waals surface area contributed by atoms with Gasteiger partial charge in [0.05, 0.1) is 13.2 Å². The van der Waals surface area contributed by atoms with Crippen LogP contribution in [0.25, 0.3) is 0 Å². The van der Waals surface area contributed by atoms with Gasteiger partial charge in [-0.05, 0) is 85.1 Å². The topological polar surface area (TPSA) is 64.6 Å². The second-order valence-electron chi connectivity index (χ2n) is 11.8. The van der Waals surface area contributed by atoms with Gasteiger partial charge < -0.3 is 14.8 Å². The quantitative estimate of drug-likeness (QED) is 0.175. The minimum atomic E-state index is -0.682. The average Bonchev–Trinajstić information content (AvgIpc) is 2.63. The van der Waals surface area contributed by atoms with Crippen LogP contribution >= 0.6 is 0 Å². The van der Waals surface area contributed by atoms with Crippen LogP contribution in [0.3, 0.4) is 0 Å². The predicted molar refractivity (Wildman–Crippen MR) is 134 cm³/mol. The minimum Gasteiger partial charge on any atom is -0.351 e. The van der Waals surface area contributed by atoms with Crippen LogP contribution in [0.15, 0.2) is 0 Å². The van der Waals surface area contributed by atoms with Gasteiger partial charge in [0.25, 0.3) is 0 Å². The summed E-state index contributed by atoms with van der Waals surface area (Å²) in [6.45, 7) is 18.9. The molecule has 0 spiro atoms. The number of hydrogen-bond donors (Lipinski definition) is 1. The number of unbranched alkanes of at least 4 members (excludes halogenated alkanes) is 2. The normalized spacial score (nSPS) is 12.9. The van der Waals surface area contributed by atoms with Crippen LogP contribution in [0.2, 0.25) is 0 Å². The van der Waals surface area contributed by atoms with E-state index in [1.165, 1.54) is 0 Å². The first-order chi connectivity index (χ1) is 14.7. The molecule has 0 fully saturated rings. The standard InChI is InChI=1S/C27H53NO4/c1-25(2,3)19-12-16-24(30)18-14-22-32-27(7,8)31-21-13-17-23(29)15-10-9-11-20-28-26(4,5)6/h28H,9-22H2,1-8H3. The third-order valence-electron chi connectivity index (χ3n) is 5.27. The van der Waals surface area contributed by atoms with Crippen molar-refractivity contribution >= 4 is 11.6 Å². The van der Waals surface area contributed by atoms with E-state index in [1.807, 2.05) is 13.8 Å². The average molecular weight is 456 g/mol. The van der Waals surface area contributed by atoms with Crippen LogP contribution in [0, 0.1) is 5.41 Å². The van der Waals surface area contributed by atoms with Crippen LogP contribution in [-0.2, 0) is 19.1 Å². The summed E-state index contributed by atoms with van der Waals surface area (Å²) in [5.41, 5.74) is 0.454. The summed E-state index contributed by atoms with van der Waals surface area (Å²) in [6, 6.07) is 0. The Labute approximate surface area is 198 Å². The number of carbonyl (C=O) groups is 2. The number of hydrogen-bond acceptors (Lipinski definition) is 5. The molecule has 190 valence electrons. The van der Waals surface area contributed by atoms with Gasteiger partial charge in [0, 0.05) is 31.2 Å². The molecule has 5 heteroatoms. The lowest BCUT2D eigenvalue weighted by molar-refractivity contribution is -0.214. The van der Waals surface area contributed by atoms with Gasteiger partial charge in [0.15, 0.2) is 5.79 Å². The summed E-state index contributed by atoms with van der Waals surface area (Å²) in [7, 11) is 0. The number of carbonyl (C=O) groups excluding carboxylic acids is 2. The molecule has 0 unspecified atom stereocenters. The molecule has 0 aliphatic carbocycles. The molecule has 32 heavy (non-hydrogen) atoms. The molecule has 0 aromatic heterocycles. The van der Waals surface area contributed by atoms with E-state index in [9.17, 15) is 9.59 Å². The second kappa shape index (κ2) is 16.0. The van der Waals surface area contributed by atoms with E-state index in [0.717, 1.165) is 51.5 Å². The maximum absolute atomic E-state index is 12.0. The van der Waals surface area contributed by atoms with Crippen LogP contribution in [0.5, 0.6) is 0 Å². The predicted octanol–water partition coefficient (Wildman–Crippen LogP) is 6.62. The van der Waals surface area contributed by atoms with Crippen molar-refractivity contribution in [3.8, 4) is 0 Å². The molecule has 5 nitrogen and oxygen atoms in total. The Kier molecular flexibility index (Phi) is 15.6. The minimum absolute atomic E-state index is 0.163. The van der Waals surface area contributed by atoms with Crippen LogP contribution < -0.4 is 5.32 Å². The number of Topliss-reactive ketones (excluding diaryl/α,β-unsaturated/α-hetero) is 2. The van der Waals surface area contributed by atoms with Gasteiger partial charge in [-0.25, -0.2) is 0 Å². The van der Waals surface area contributed by atoms with Crippen molar-refractivity contribution in [3.63, 3.8) is 0 Å². The molecule has 0 amide bonds. The van der Waals surface area contributed by atoms with E-state index in [2.05, 4.69) is 46.9 Å². The molecule has 0 bridgehead atoms. The molecule has 0 aliphatic rings. The van der Waals surface area contributed by atoms with Crippen LogP contribution in [0.4, 0.5) is 0 Å². The van der Waals surface area contributed by atoms with Crippen molar-refractivity contribution < 1.29 is 19.1 Å². The van der Waals surface area contributed by atoms with Gasteiger partial charge in [-0.1, -0.05) is 27.2 Å². The lowest BCUT2D eigenvalue weighted by Gasteiger charge is -2.25. The smallest absolute Gasteiger partial charge is 0.162 e. The molecular formula is C27H53NO4. The fourth-order valence-electron chi connectivity index (χ4n) is 3.37. The van der Waals surface area contributed by atoms with Crippen LogP contribution in [-0.4, -0.2) is 42.7 Å². The number of ketones is 2. The van der Waals surface area contributed by atoms with E-state index in [-0.39, 0.29) is 5.54 Å². The molecule has 0 aliphatic heterocycles. The molecule has 0 saturated carbocycles. The first-order valence-electron chi connectivity index (χ1n) is 12.8. The third-order valence-corrected chi connectivity index (χ3v) is 5.27. The van der Waals surface area contributed by atoms with E-state index in [4.69, 9.17) is 9.47 Å². The summed E-state index contributed by atoms with van der Waals surface area (Å²) in [6.07, 6.45) is 9.13. The van der Waals surface area contributed by atoms with E-state index in [1.54, 1.807) is 0 Å². The first kappa shape index (κ1) is 31.2. The highest BCUT2D eigenvalue weighted by Gasteiger charge is 2.19. The van der Waals surface area contributed by atoms with Gasteiger partial charge in [0.2, 0.25) is 0 Å². The summed E-state index contributed by atoms with van der Waals surface area (Å²) < 4.78 is 11.6. The second-order valence-corrected chi connectivity index (χ2v) is 11.8. The zero-order valence-corrected chi connectivity index (χ0v) is 22.5. The Morgan fingerprint density at radius 2 is 1.09 bits per heavy atom. The van der Waals surface area contributed by atoms with E-state index in [0.29, 0.717) is 55.9 Å². The Morgan fingerprint density at radius 1 is 0.625 bits per heavy atom. The maximum Gasteiger partial charge on any atom is 0.162 e. The van der Waals surface area contributed by atoms with Gasteiger partial charge in [-0.3, -0.25) is 9.59 Å². The van der Waals surface area contributed by atoms with Gasteiger partial charge in [-0.15, -0.1) is 0 Å². The highest BCUT2D eigenvalue weighted by Crippen LogP contribution is 2.22. The molecule has 0 rings (SSSR count). The van der Waals surface area contributed by atoms with Crippen molar-refractivity contribution in [2.45, 2.75) is 137 Å². The molecule has 0 heterocycles. The summed E-state index contributed by atoms with van der Waals surface area (Å²) in [4.78, 5) is 24.0. The van der Waals surface area contributed by atoms with Gasteiger partial charge in [0.1, 0.15) is 11.6 Å². The summed E-state index contributed by atoms with van der Waals surface area (Å²) >= 11 is 0. The van der Waals surface area contributed by atoms with Crippen molar-refractivity contribution in [3.05, 3.63) is 0 Å². The van der Waals surface area contributed by atoms with Crippen molar-refractivity contribution in [1.82, 2.24) is 5.32 Å². The summed E-state index contributed by atoms with van der Waals surface area (Å²) in [5, 5.41) is 3.47. The van der Waals surface area contributed by atoms with E-state index >= 15 is 0 Å².